The molecule has 0 aromatic rings. The molecular formula is C13H27N3O. The minimum absolute atomic E-state index is 0.0580. The van der Waals surface area contributed by atoms with Gasteiger partial charge in [-0.25, -0.2) is 0 Å². The van der Waals surface area contributed by atoms with E-state index in [2.05, 4.69) is 4.90 Å². The van der Waals surface area contributed by atoms with E-state index in [9.17, 15) is 4.79 Å². The van der Waals surface area contributed by atoms with Gasteiger partial charge in [-0.15, -0.1) is 0 Å². The van der Waals surface area contributed by atoms with Crippen molar-refractivity contribution in [2.45, 2.75) is 44.6 Å². The second kappa shape index (κ2) is 6.36. The Balaban J connectivity index is 2.60. The van der Waals surface area contributed by atoms with Crippen LogP contribution in [-0.2, 0) is 4.79 Å². The molecule has 0 heterocycles. The van der Waals surface area contributed by atoms with Gasteiger partial charge in [-0.05, 0) is 26.8 Å². The molecule has 0 aliphatic heterocycles. The first-order valence-corrected chi connectivity index (χ1v) is 6.71. The van der Waals surface area contributed by atoms with Crippen molar-refractivity contribution in [1.82, 2.24) is 9.80 Å². The Labute approximate surface area is 105 Å². The largest absolute Gasteiger partial charge is 0.345 e. The van der Waals surface area contributed by atoms with Crippen LogP contribution >= 0.6 is 0 Å². The van der Waals surface area contributed by atoms with E-state index in [0.29, 0.717) is 13.1 Å². The number of hydrogen-bond donors (Lipinski definition) is 1. The molecule has 2 N–H and O–H groups in total. The summed E-state index contributed by atoms with van der Waals surface area (Å²) in [4.78, 5) is 15.9. The Morgan fingerprint density at radius 3 is 2.29 bits per heavy atom. The normalized spacial score (nSPS) is 19.4. The molecule has 0 atom stereocenters. The molecule has 0 saturated heterocycles. The maximum atomic E-state index is 11.9. The highest BCUT2D eigenvalue weighted by Gasteiger charge is 2.35. The molecule has 0 unspecified atom stereocenters. The van der Waals surface area contributed by atoms with Crippen LogP contribution in [0.5, 0.6) is 0 Å². The Morgan fingerprint density at radius 2 is 1.82 bits per heavy atom. The van der Waals surface area contributed by atoms with Gasteiger partial charge >= 0.3 is 0 Å². The number of hydrogen-bond acceptors (Lipinski definition) is 3. The minimum Gasteiger partial charge on any atom is -0.345 e. The van der Waals surface area contributed by atoms with E-state index in [-0.39, 0.29) is 11.4 Å². The first-order chi connectivity index (χ1) is 8.05. The molecule has 1 amide bonds. The third-order valence-electron chi connectivity index (χ3n) is 4.25. The van der Waals surface area contributed by atoms with Crippen LogP contribution < -0.4 is 5.73 Å². The van der Waals surface area contributed by atoms with Gasteiger partial charge in [-0.1, -0.05) is 19.3 Å². The molecule has 1 fully saturated rings. The summed E-state index contributed by atoms with van der Waals surface area (Å²) in [5, 5.41) is 0. The Kier molecular flexibility index (Phi) is 5.40. The number of rotatable bonds is 5. The smallest absolute Gasteiger partial charge is 0.236 e. The number of amides is 1. The minimum atomic E-state index is 0.0580. The van der Waals surface area contributed by atoms with E-state index in [1.165, 1.54) is 19.3 Å². The highest BCUT2D eigenvalue weighted by Crippen LogP contribution is 2.31. The molecule has 1 aliphatic rings. The Morgan fingerprint density at radius 1 is 1.24 bits per heavy atom. The lowest BCUT2D eigenvalue weighted by atomic mass is 9.80. The van der Waals surface area contributed by atoms with E-state index < -0.39 is 0 Å². The second-order valence-electron chi connectivity index (χ2n) is 5.25. The number of carbonyl (C=O) groups excluding carboxylic acids is 1. The first kappa shape index (κ1) is 14.5. The fourth-order valence-electron chi connectivity index (χ4n) is 2.62. The molecular weight excluding hydrogens is 214 g/mol. The Bertz CT molecular complexity index is 249. The van der Waals surface area contributed by atoms with Crippen LogP contribution in [0, 0.1) is 0 Å². The number of carbonyl (C=O) groups is 1. The predicted octanol–water partition coefficient (Wildman–Crippen LogP) is 1.06. The summed E-state index contributed by atoms with van der Waals surface area (Å²) >= 11 is 0. The van der Waals surface area contributed by atoms with Gasteiger partial charge < -0.3 is 10.6 Å². The van der Waals surface area contributed by atoms with Crippen molar-refractivity contribution in [2.75, 3.05) is 33.7 Å². The lowest BCUT2D eigenvalue weighted by Crippen LogP contribution is -2.55. The lowest BCUT2D eigenvalue weighted by molar-refractivity contribution is -0.132. The number of likely N-dealkylation sites (N-methyl/N-ethyl adjacent to an activating group) is 2. The van der Waals surface area contributed by atoms with Crippen LogP contribution in [0.4, 0.5) is 0 Å². The van der Waals surface area contributed by atoms with Gasteiger partial charge in [0.15, 0.2) is 0 Å². The maximum absolute atomic E-state index is 11.9. The summed E-state index contributed by atoms with van der Waals surface area (Å²) < 4.78 is 0. The van der Waals surface area contributed by atoms with Gasteiger partial charge in [-0.3, -0.25) is 9.69 Å². The van der Waals surface area contributed by atoms with E-state index in [1.807, 2.05) is 21.0 Å². The highest BCUT2D eigenvalue weighted by atomic mass is 16.2. The molecule has 4 heteroatoms. The molecule has 100 valence electrons. The topological polar surface area (TPSA) is 49.6 Å². The molecule has 4 nitrogen and oxygen atoms in total. The molecule has 0 aromatic heterocycles. The lowest BCUT2D eigenvalue weighted by Gasteiger charge is -2.44. The number of nitrogens with two attached hydrogens (primary N) is 1. The molecule has 0 bridgehead atoms. The second-order valence-corrected chi connectivity index (χ2v) is 5.25. The molecule has 0 radical (unpaired) electrons. The van der Waals surface area contributed by atoms with Crippen molar-refractivity contribution in [1.29, 1.82) is 0 Å². The van der Waals surface area contributed by atoms with Crippen molar-refractivity contribution in [3.8, 4) is 0 Å². The standard InChI is InChI=1S/C13H27N3O/c1-4-15(2)12(17)10-16(3)13(11-14)8-6-5-7-9-13/h4-11,14H2,1-3H3. The number of nitrogens with zero attached hydrogens (tertiary/aromatic N) is 2. The van der Waals surface area contributed by atoms with Crippen LogP contribution in [0.1, 0.15) is 39.0 Å². The zero-order valence-electron chi connectivity index (χ0n) is 11.5. The van der Waals surface area contributed by atoms with Crippen molar-refractivity contribution < 1.29 is 4.79 Å². The van der Waals surface area contributed by atoms with Gasteiger partial charge in [-0.2, -0.15) is 0 Å². The first-order valence-electron chi connectivity index (χ1n) is 6.71. The summed E-state index contributed by atoms with van der Waals surface area (Å²) in [6.45, 7) is 3.91. The van der Waals surface area contributed by atoms with Gasteiger partial charge in [0, 0.05) is 25.7 Å². The predicted molar refractivity (Wildman–Crippen MR) is 70.8 cm³/mol. The average molecular weight is 241 g/mol. The van der Waals surface area contributed by atoms with Crippen molar-refractivity contribution >= 4 is 5.91 Å². The summed E-state index contributed by atoms with van der Waals surface area (Å²) in [6, 6.07) is 0. The highest BCUT2D eigenvalue weighted by molar-refractivity contribution is 5.78. The van der Waals surface area contributed by atoms with Crippen molar-refractivity contribution in [3.05, 3.63) is 0 Å². The monoisotopic (exact) mass is 241 g/mol. The zero-order valence-corrected chi connectivity index (χ0v) is 11.5. The van der Waals surface area contributed by atoms with Crippen LogP contribution in [0.15, 0.2) is 0 Å². The maximum Gasteiger partial charge on any atom is 0.236 e. The fraction of sp³-hybridized carbons (Fsp3) is 0.923. The average Bonchev–Trinajstić information content (AvgIpc) is 2.38. The third kappa shape index (κ3) is 3.42. The van der Waals surface area contributed by atoms with Crippen LogP contribution in [0.2, 0.25) is 0 Å². The van der Waals surface area contributed by atoms with E-state index in [0.717, 1.165) is 19.4 Å². The van der Waals surface area contributed by atoms with E-state index in [4.69, 9.17) is 5.73 Å². The van der Waals surface area contributed by atoms with E-state index in [1.54, 1.807) is 4.90 Å². The van der Waals surface area contributed by atoms with E-state index >= 15 is 0 Å². The van der Waals surface area contributed by atoms with Crippen LogP contribution in [0.3, 0.4) is 0 Å². The van der Waals surface area contributed by atoms with Gasteiger partial charge in [0.1, 0.15) is 0 Å². The molecule has 0 spiro atoms. The summed E-state index contributed by atoms with van der Waals surface area (Å²) in [7, 11) is 3.89. The molecule has 0 aromatic carbocycles. The quantitative estimate of drug-likeness (QED) is 0.783. The summed E-state index contributed by atoms with van der Waals surface area (Å²) in [5.74, 6) is 0.188. The molecule has 1 aliphatic carbocycles. The summed E-state index contributed by atoms with van der Waals surface area (Å²) in [6.07, 6.45) is 6.03. The van der Waals surface area contributed by atoms with Gasteiger partial charge in [0.2, 0.25) is 5.91 Å². The third-order valence-corrected chi connectivity index (χ3v) is 4.25. The molecule has 1 rings (SSSR count). The van der Waals surface area contributed by atoms with Crippen LogP contribution in [0.25, 0.3) is 0 Å². The summed E-state index contributed by atoms with van der Waals surface area (Å²) in [5.41, 5.74) is 6.01. The van der Waals surface area contributed by atoms with Crippen molar-refractivity contribution in [2.24, 2.45) is 5.73 Å². The SMILES string of the molecule is CCN(C)C(=O)CN(C)C1(CN)CCCCC1. The van der Waals surface area contributed by atoms with Crippen LogP contribution in [-0.4, -0.2) is 55.0 Å². The van der Waals surface area contributed by atoms with Crippen molar-refractivity contribution in [3.63, 3.8) is 0 Å². The molecule has 1 saturated carbocycles. The van der Waals surface area contributed by atoms with Gasteiger partial charge in [0.05, 0.1) is 6.54 Å². The molecule has 17 heavy (non-hydrogen) atoms. The van der Waals surface area contributed by atoms with Gasteiger partial charge in [0.25, 0.3) is 0 Å². The zero-order chi connectivity index (χ0) is 12.9. The Hall–Kier alpha value is -0.610. The fourth-order valence-corrected chi connectivity index (χ4v) is 2.62.